The van der Waals surface area contributed by atoms with Crippen molar-refractivity contribution in [1.29, 1.82) is 0 Å². The molecular weight excluding hydrogens is 292 g/mol. The van der Waals surface area contributed by atoms with E-state index < -0.39 is 10.1 Å². The van der Waals surface area contributed by atoms with E-state index in [1.807, 2.05) is 6.92 Å². The minimum Gasteiger partial charge on any atom is -0.496 e. The van der Waals surface area contributed by atoms with Gasteiger partial charge in [0.25, 0.3) is 0 Å². The summed E-state index contributed by atoms with van der Waals surface area (Å²) in [5, 5.41) is 0. The summed E-state index contributed by atoms with van der Waals surface area (Å²) in [5.74, 6) is 1.03. The maximum atomic E-state index is 12.2. The van der Waals surface area contributed by atoms with E-state index in [9.17, 15) is 8.42 Å². The van der Waals surface area contributed by atoms with Gasteiger partial charge in [-0.15, -0.1) is 0 Å². The van der Waals surface area contributed by atoms with Crippen molar-refractivity contribution in [1.82, 2.24) is 0 Å². The first kappa shape index (κ1) is 15.2. The lowest BCUT2D eigenvalue weighted by molar-refractivity contribution is 0.390. The van der Waals surface area contributed by atoms with Crippen LogP contribution in [0, 0.1) is 6.92 Å². The number of methoxy groups -OCH3 is 2. The number of rotatable bonds is 5. The summed E-state index contributed by atoms with van der Waals surface area (Å²) in [5.41, 5.74) is 0.969. The molecule has 0 amide bonds. The van der Waals surface area contributed by atoms with Crippen LogP contribution in [0.1, 0.15) is 5.56 Å². The third-order valence-electron chi connectivity index (χ3n) is 2.84. The molecule has 0 saturated heterocycles. The van der Waals surface area contributed by atoms with Crippen molar-refractivity contribution in [2.75, 3.05) is 14.2 Å². The molecule has 2 aromatic carbocycles. The minimum atomic E-state index is -3.89. The fourth-order valence-corrected chi connectivity index (χ4v) is 2.62. The van der Waals surface area contributed by atoms with Gasteiger partial charge in [-0.3, -0.25) is 0 Å². The van der Waals surface area contributed by atoms with Crippen molar-refractivity contribution in [2.45, 2.75) is 11.8 Å². The van der Waals surface area contributed by atoms with E-state index in [0.717, 1.165) is 5.56 Å². The fraction of sp³-hybridized carbons (Fsp3) is 0.200. The van der Waals surface area contributed by atoms with Crippen molar-refractivity contribution >= 4 is 10.1 Å². The molecule has 0 N–H and O–H groups in total. The Bertz CT molecular complexity index is 698. The molecule has 0 heterocycles. The highest BCUT2D eigenvalue weighted by molar-refractivity contribution is 7.87. The Balaban J connectivity index is 2.34. The summed E-state index contributed by atoms with van der Waals surface area (Å²) in [7, 11) is -0.933. The van der Waals surface area contributed by atoms with Crippen molar-refractivity contribution < 1.29 is 22.1 Å². The van der Waals surface area contributed by atoms with Crippen LogP contribution >= 0.6 is 0 Å². The third-order valence-corrected chi connectivity index (χ3v) is 4.10. The molecule has 0 aromatic heterocycles. The molecule has 2 rings (SSSR count). The van der Waals surface area contributed by atoms with Gasteiger partial charge in [0, 0.05) is 18.2 Å². The molecule has 0 atom stereocenters. The van der Waals surface area contributed by atoms with Gasteiger partial charge < -0.3 is 13.7 Å². The summed E-state index contributed by atoms with van der Waals surface area (Å²) < 4.78 is 39.7. The van der Waals surface area contributed by atoms with Crippen LogP contribution in [0.5, 0.6) is 17.2 Å². The van der Waals surface area contributed by atoms with Gasteiger partial charge in [0.1, 0.15) is 22.1 Å². The Morgan fingerprint density at radius 2 is 1.29 bits per heavy atom. The highest BCUT2D eigenvalue weighted by atomic mass is 32.2. The van der Waals surface area contributed by atoms with Gasteiger partial charge in [-0.1, -0.05) is 17.7 Å². The zero-order valence-corrected chi connectivity index (χ0v) is 12.8. The molecular formula is C15H16O5S. The zero-order valence-electron chi connectivity index (χ0n) is 12.0. The van der Waals surface area contributed by atoms with Gasteiger partial charge in [-0.05, 0) is 19.1 Å². The summed E-state index contributed by atoms with van der Waals surface area (Å²) in [6, 6.07) is 11.0. The molecule has 0 aliphatic carbocycles. The van der Waals surface area contributed by atoms with E-state index in [-0.39, 0.29) is 10.6 Å². The Hall–Kier alpha value is -2.21. The highest BCUT2D eigenvalue weighted by Gasteiger charge is 2.17. The molecule has 6 heteroatoms. The van der Waals surface area contributed by atoms with Crippen LogP contribution in [-0.2, 0) is 10.1 Å². The summed E-state index contributed by atoms with van der Waals surface area (Å²) in [4.78, 5) is 0.0925. The quantitative estimate of drug-likeness (QED) is 0.795. The highest BCUT2D eigenvalue weighted by Crippen LogP contribution is 2.29. The maximum absolute atomic E-state index is 12.2. The lowest BCUT2D eigenvalue weighted by Gasteiger charge is -2.10. The van der Waals surface area contributed by atoms with Gasteiger partial charge in [-0.2, -0.15) is 8.42 Å². The average Bonchev–Trinajstić information content (AvgIpc) is 2.46. The fourth-order valence-electron chi connectivity index (χ4n) is 1.71. The average molecular weight is 308 g/mol. The van der Waals surface area contributed by atoms with E-state index in [1.165, 1.54) is 38.5 Å². The van der Waals surface area contributed by atoms with Gasteiger partial charge >= 0.3 is 10.1 Å². The molecule has 0 aliphatic heterocycles. The molecule has 0 bridgehead atoms. The molecule has 5 nitrogen and oxygen atoms in total. The van der Waals surface area contributed by atoms with E-state index in [2.05, 4.69) is 0 Å². The monoisotopic (exact) mass is 308 g/mol. The standard InChI is InChI=1S/C15H16O5S/c1-11-4-6-15(7-5-11)21(16,17)20-14-9-12(18-2)8-13(10-14)19-3/h4-10H,1-3H3. The molecule has 2 aromatic rings. The Kier molecular flexibility index (Phi) is 4.37. The number of ether oxygens (including phenoxy) is 2. The lowest BCUT2D eigenvalue weighted by atomic mass is 10.2. The smallest absolute Gasteiger partial charge is 0.339 e. The molecule has 0 spiro atoms. The van der Waals surface area contributed by atoms with Crippen LogP contribution < -0.4 is 13.7 Å². The predicted molar refractivity (Wildman–Crippen MR) is 78.5 cm³/mol. The molecule has 0 radical (unpaired) electrons. The van der Waals surface area contributed by atoms with E-state index in [0.29, 0.717) is 11.5 Å². The Morgan fingerprint density at radius 3 is 1.76 bits per heavy atom. The number of hydrogen-bond donors (Lipinski definition) is 0. The zero-order chi connectivity index (χ0) is 15.5. The first-order valence-electron chi connectivity index (χ1n) is 6.19. The van der Waals surface area contributed by atoms with Crippen LogP contribution in [0.2, 0.25) is 0 Å². The van der Waals surface area contributed by atoms with Gasteiger partial charge in [0.05, 0.1) is 14.2 Å². The minimum absolute atomic E-state index is 0.0925. The van der Waals surface area contributed by atoms with Crippen molar-refractivity contribution in [3.8, 4) is 17.2 Å². The summed E-state index contributed by atoms with van der Waals surface area (Å²) in [6.45, 7) is 1.88. The molecule has 21 heavy (non-hydrogen) atoms. The molecule has 0 unspecified atom stereocenters. The van der Waals surface area contributed by atoms with Crippen molar-refractivity contribution in [3.63, 3.8) is 0 Å². The first-order valence-corrected chi connectivity index (χ1v) is 7.59. The molecule has 0 saturated carbocycles. The molecule has 0 fully saturated rings. The summed E-state index contributed by atoms with van der Waals surface area (Å²) in [6.07, 6.45) is 0. The van der Waals surface area contributed by atoms with Crippen LogP contribution in [0.3, 0.4) is 0 Å². The van der Waals surface area contributed by atoms with Gasteiger partial charge in [0.15, 0.2) is 0 Å². The predicted octanol–water partition coefficient (Wildman–Crippen LogP) is 2.78. The number of aryl methyl sites for hydroxylation is 1. The van der Waals surface area contributed by atoms with Crippen LogP contribution in [0.25, 0.3) is 0 Å². The second kappa shape index (κ2) is 6.05. The third kappa shape index (κ3) is 3.66. The lowest BCUT2D eigenvalue weighted by Crippen LogP contribution is -2.09. The van der Waals surface area contributed by atoms with Gasteiger partial charge in [-0.25, -0.2) is 0 Å². The Morgan fingerprint density at radius 1 is 0.810 bits per heavy atom. The maximum Gasteiger partial charge on any atom is 0.339 e. The number of benzene rings is 2. The summed E-state index contributed by atoms with van der Waals surface area (Å²) >= 11 is 0. The molecule has 112 valence electrons. The second-order valence-corrected chi connectivity index (χ2v) is 5.95. The second-order valence-electron chi connectivity index (χ2n) is 4.40. The molecule has 0 aliphatic rings. The number of hydrogen-bond acceptors (Lipinski definition) is 5. The van der Waals surface area contributed by atoms with E-state index in [1.54, 1.807) is 18.2 Å². The largest absolute Gasteiger partial charge is 0.496 e. The van der Waals surface area contributed by atoms with Crippen LogP contribution in [0.4, 0.5) is 0 Å². The van der Waals surface area contributed by atoms with Crippen LogP contribution in [-0.4, -0.2) is 22.6 Å². The topological polar surface area (TPSA) is 61.8 Å². The van der Waals surface area contributed by atoms with E-state index in [4.69, 9.17) is 13.7 Å². The van der Waals surface area contributed by atoms with Crippen LogP contribution in [0.15, 0.2) is 47.4 Å². The normalized spacial score (nSPS) is 11.0. The SMILES string of the molecule is COc1cc(OC)cc(OS(=O)(=O)c2ccc(C)cc2)c1. The van der Waals surface area contributed by atoms with Gasteiger partial charge in [0.2, 0.25) is 0 Å². The first-order chi connectivity index (χ1) is 9.94. The van der Waals surface area contributed by atoms with Crippen molar-refractivity contribution in [2.24, 2.45) is 0 Å². The Labute approximate surface area is 124 Å². The van der Waals surface area contributed by atoms with Crippen molar-refractivity contribution in [3.05, 3.63) is 48.0 Å². The van der Waals surface area contributed by atoms with E-state index >= 15 is 0 Å².